The molecule has 3 rings (SSSR count). The molecule has 8 nitrogen and oxygen atoms in total. The molecule has 158 valence electrons. The standard InChI is InChI=1S/C21H23N3O5S/c1-14(25)15-5-7-19(8-6-15)30(26,27)23-20(21-22-9-10-24(21)2)16-11-17(28-3)13-18(12-16)29-4/h5-13,20,23H,1-4H3. The number of Topliss-reactive ketones (excluding diaryl/α,β-unsaturated/α-hetero) is 1. The Kier molecular flexibility index (Phi) is 6.23. The van der Waals surface area contributed by atoms with E-state index in [0.717, 1.165) is 0 Å². The monoisotopic (exact) mass is 429 g/mol. The van der Waals surface area contributed by atoms with E-state index in [0.29, 0.717) is 28.5 Å². The van der Waals surface area contributed by atoms with Gasteiger partial charge in [0.05, 0.1) is 19.1 Å². The number of carbonyl (C=O) groups is 1. The Morgan fingerprint density at radius 2 is 1.67 bits per heavy atom. The first-order valence-corrected chi connectivity index (χ1v) is 10.6. The van der Waals surface area contributed by atoms with Gasteiger partial charge in [0.15, 0.2) is 5.78 Å². The molecule has 0 amide bonds. The SMILES string of the molecule is COc1cc(OC)cc(C(NS(=O)(=O)c2ccc(C(C)=O)cc2)c2nccn2C)c1. The van der Waals surface area contributed by atoms with Crippen molar-refractivity contribution in [3.63, 3.8) is 0 Å². The number of carbonyl (C=O) groups excluding carboxylic acids is 1. The molecule has 0 spiro atoms. The van der Waals surface area contributed by atoms with Crippen molar-refractivity contribution in [1.29, 1.82) is 0 Å². The van der Waals surface area contributed by atoms with Gasteiger partial charge in [0.2, 0.25) is 10.0 Å². The highest BCUT2D eigenvalue weighted by Crippen LogP contribution is 2.30. The molecule has 0 saturated carbocycles. The summed E-state index contributed by atoms with van der Waals surface area (Å²) in [5.41, 5.74) is 1.04. The van der Waals surface area contributed by atoms with Crippen LogP contribution in [-0.2, 0) is 17.1 Å². The minimum atomic E-state index is -3.93. The number of nitrogens with one attached hydrogen (secondary N) is 1. The van der Waals surface area contributed by atoms with Gasteiger partial charge in [-0.05, 0) is 36.8 Å². The zero-order valence-corrected chi connectivity index (χ0v) is 17.9. The Hall–Kier alpha value is -3.17. The Balaban J connectivity index is 2.06. The summed E-state index contributed by atoms with van der Waals surface area (Å²) in [7, 11) is 0.898. The van der Waals surface area contributed by atoms with Gasteiger partial charge in [-0.15, -0.1) is 0 Å². The first kappa shape index (κ1) is 21.5. The largest absolute Gasteiger partial charge is 0.497 e. The van der Waals surface area contributed by atoms with Gasteiger partial charge >= 0.3 is 0 Å². The lowest BCUT2D eigenvalue weighted by atomic mass is 10.1. The van der Waals surface area contributed by atoms with Crippen molar-refractivity contribution in [2.45, 2.75) is 17.9 Å². The van der Waals surface area contributed by atoms with Gasteiger partial charge in [-0.25, -0.2) is 13.4 Å². The second-order valence-electron chi connectivity index (χ2n) is 6.68. The lowest BCUT2D eigenvalue weighted by molar-refractivity contribution is 0.101. The zero-order chi connectivity index (χ0) is 21.9. The first-order chi connectivity index (χ1) is 14.2. The van der Waals surface area contributed by atoms with Crippen LogP contribution in [0, 0.1) is 0 Å². The topological polar surface area (TPSA) is 99.5 Å². The van der Waals surface area contributed by atoms with E-state index >= 15 is 0 Å². The van der Waals surface area contributed by atoms with Crippen molar-refractivity contribution in [3.05, 3.63) is 71.8 Å². The smallest absolute Gasteiger partial charge is 0.241 e. The van der Waals surface area contributed by atoms with Crippen LogP contribution in [0.4, 0.5) is 0 Å². The molecule has 0 radical (unpaired) electrons. The van der Waals surface area contributed by atoms with E-state index in [1.807, 2.05) is 0 Å². The van der Waals surface area contributed by atoms with Gasteiger partial charge in [0.1, 0.15) is 23.4 Å². The van der Waals surface area contributed by atoms with Gasteiger partial charge < -0.3 is 14.0 Å². The Morgan fingerprint density at radius 3 is 2.13 bits per heavy atom. The van der Waals surface area contributed by atoms with Crippen molar-refractivity contribution in [2.24, 2.45) is 7.05 Å². The Bertz CT molecular complexity index is 1130. The van der Waals surface area contributed by atoms with E-state index in [9.17, 15) is 13.2 Å². The predicted octanol–water partition coefficient (Wildman–Crippen LogP) is 2.71. The molecule has 0 aliphatic heterocycles. The van der Waals surface area contributed by atoms with Gasteiger partial charge in [-0.1, -0.05) is 12.1 Å². The summed E-state index contributed by atoms with van der Waals surface area (Å²) in [6.45, 7) is 1.43. The summed E-state index contributed by atoms with van der Waals surface area (Å²) < 4.78 is 41.3. The second-order valence-corrected chi connectivity index (χ2v) is 8.39. The molecular weight excluding hydrogens is 406 g/mol. The highest BCUT2D eigenvalue weighted by atomic mass is 32.2. The Labute approximate surface area is 175 Å². The van der Waals surface area contributed by atoms with Crippen LogP contribution in [-0.4, -0.2) is 38.0 Å². The predicted molar refractivity (Wildman–Crippen MR) is 111 cm³/mol. The molecule has 0 aliphatic carbocycles. The lowest BCUT2D eigenvalue weighted by Crippen LogP contribution is -2.31. The number of aromatic nitrogens is 2. The van der Waals surface area contributed by atoms with Crippen LogP contribution < -0.4 is 14.2 Å². The van der Waals surface area contributed by atoms with Crippen LogP contribution in [0.3, 0.4) is 0 Å². The summed E-state index contributed by atoms with van der Waals surface area (Å²) in [6.07, 6.45) is 3.32. The fraction of sp³-hybridized carbons (Fsp3) is 0.238. The van der Waals surface area contributed by atoms with Crippen LogP contribution in [0.5, 0.6) is 11.5 Å². The minimum absolute atomic E-state index is 0.0431. The number of hydrogen-bond acceptors (Lipinski definition) is 6. The molecule has 0 fully saturated rings. The van der Waals surface area contributed by atoms with E-state index in [-0.39, 0.29) is 10.7 Å². The molecule has 1 N–H and O–H groups in total. The molecule has 0 bridgehead atoms. The molecule has 0 aliphatic rings. The molecular formula is C21H23N3O5S. The molecule has 30 heavy (non-hydrogen) atoms. The van der Waals surface area contributed by atoms with Gasteiger partial charge in [-0.3, -0.25) is 4.79 Å². The molecule has 9 heteroatoms. The summed E-state index contributed by atoms with van der Waals surface area (Å²) in [5, 5.41) is 0. The second kappa shape index (κ2) is 8.68. The maximum Gasteiger partial charge on any atom is 0.241 e. The highest BCUT2D eigenvalue weighted by Gasteiger charge is 2.27. The van der Waals surface area contributed by atoms with Crippen LogP contribution in [0.1, 0.15) is 34.7 Å². The van der Waals surface area contributed by atoms with Crippen LogP contribution in [0.15, 0.2) is 59.8 Å². The average molecular weight is 429 g/mol. The maximum atomic E-state index is 13.1. The number of methoxy groups -OCH3 is 2. The van der Waals surface area contributed by atoms with Crippen molar-refractivity contribution in [2.75, 3.05) is 14.2 Å². The number of ketones is 1. The van der Waals surface area contributed by atoms with E-state index in [1.54, 1.807) is 42.2 Å². The lowest BCUT2D eigenvalue weighted by Gasteiger charge is -2.20. The van der Waals surface area contributed by atoms with E-state index in [4.69, 9.17) is 9.47 Å². The normalized spacial score (nSPS) is 12.4. The third-order valence-corrected chi connectivity index (χ3v) is 6.11. The summed E-state index contributed by atoms with van der Waals surface area (Å²) in [6, 6.07) is 10.1. The quantitative estimate of drug-likeness (QED) is 0.553. The molecule has 2 aromatic carbocycles. The van der Waals surface area contributed by atoms with Crippen LogP contribution in [0.2, 0.25) is 0 Å². The average Bonchev–Trinajstić information content (AvgIpc) is 3.17. The van der Waals surface area contributed by atoms with Gasteiger partial charge in [-0.2, -0.15) is 4.72 Å². The van der Waals surface area contributed by atoms with E-state index < -0.39 is 16.1 Å². The summed E-state index contributed by atoms with van der Waals surface area (Å²) in [5.74, 6) is 1.40. The van der Waals surface area contributed by atoms with Gasteiger partial charge in [0, 0.05) is 31.1 Å². The molecule has 0 saturated heterocycles. The fourth-order valence-corrected chi connectivity index (χ4v) is 4.20. The number of hydrogen-bond donors (Lipinski definition) is 1. The molecule has 1 heterocycles. The van der Waals surface area contributed by atoms with Crippen molar-refractivity contribution in [1.82, 2.24) is 14.3 Å². The maximum absolute atomic E-state index is 13.1. The molecule has 1 unspecified atom stereocenters. The summed E-state index contributed by atoms with van der Waals surface area (Å²) in [4.78, 5) is 15.9. The van der Waals surface area contributed by atoms with Crippen LogP contribution in [0.25, 0.3) is 0 Å². The molecule has 3 aromatic rings. The van der Waals surface area contributed by atoms with Crippen molar-refractivity contribution in [3.8, 4) is 11.5 Å². The number of nitrogens with zero attached hydrogens (tertiary/aromatic N) is 2. The molecule has 1 aromatic heterocycles. The summed E-state index contributed by atoms with van der Waals surface area (Å²) >= 11 is 0. The number of imidazole rings is 1. The fourth-order valence-electron chi connectivity index (χ4n) is 3.01. The van der Waals surface area contributed by atoms with Gasteiger partial charge in [0.25, 0.3) is 0 Å². The third-order valence-electron chi connectivity index (χ3n) is 4.67. The number of aryl methyl sites for hydroxylation is 1. The molecule has 1 atom stereocenters. The van der Waals surface area contributed by atoms with Crippen molar-refractivity contribution >= 4 is 15.8 Å². The van der Waals surface area contributed by atoms with E-state index in [1.165, 1.54) is 45.4 Å². The minimum Gasteiger partial charge on any atom is -0.497 e. The third kappa shape index (κ3) is 4.52. The number of benzene rings is 2. The highest BCUT2D eigenvalue weighted by molar-refractivity contribution is 7.89. The zero-order valence-electron chi connectivity index (χ0n) is 17.1. The van der Waals surface area contributed by atoms with Crippen molar-refractivity contribution < 1.29 is 22.7 Å². The first-order valence-electron chi connectivity index (χ1n) is 9.08. The number of rotatable bonds is 8. The Morgan fingerprint density at radius 1 is 1.07 bits per heavy atom. The number of sulfonamides is 1. The van der Waals surface area contributed by atoms with Crippen LogP contribution >= 0.6 is 0 Å². The number of ether oxygens (including phenoxy) is 2. The van der Waals surface area contributed by atoms with E-state index in [2.05, 4.69) is 9.71 Å².